The molecule has 0 fully saturated rings. The van der Waals surface area contributed by atoms with Crippen LogP contribution < -0.4 is 10.6 Å². The molecule has 132 valence electrons. The topological polar surface area (TPSA) is 91.1 Å². The van der Waals surface area contributed by atoms with Crippen LogP contribution in [0.25, 0.3) is 11.5 Å². The molecule has 0 radical (unpaired) electrons. The highest BCUT2D eigenvalue weighted by atomic mass is 127. The summed E-state index contributed by atoms with van der Waals surface area (Å²) in [6.07, 6.45) is 3.37. The Morgan fingerprint density at radius 2 is 1.92 bits per heavy atom. The summed E-state index contributed by atoms with van der Waals surface area (Å²) in [5.41, 5.74) is 3.98. The lowest BCUT2D eigenvalue weighted by molar-refractivity contribution is 0.572. The monoisotopic (exact) mass is 452 g/mol. The Bertz CT molecular complexity index is 795. The third-order valence-electron chi connectivity index (χ3n) is 3.52. The van der Waals surface area contributed by atoms with Crippen LogP contribution in [0.15, 0.2) is 52.2 Å². The summed E-state index contributed by atoms with van der Waals surface area (Å²) in [6, 6.07) is 10.00. The summed E-state index contributed by atoms with van der Waals surface area (Å²) < 4.78 is 5.55. The summed E-state index contributed by atoms with van der Waals surface area (Å²) in [5, 5.41) is 13.2. The van der Waals surface area contributed by atoms with E-state index in [0.717, 1.165) is 17.0 Å². The zero-order chi connectivity index (χ0) is 16.8. The standard InChI is InChI=1S/C17H20N6O.HI/c1-12-3-5-13(6-4-12)16-22-15(11-24-16)10-20-17(18-2)19-9-14-7-8-21-23-14;/h3-8,11H,9-10H2,1-2H3,(H,21,23)(H2,18,19,20);1H. The first kappa shape index (κ1) is 19.0. The van der Waals surface area contributed by atoms with Crippen LogP contribution in [-0.2, 0) is 13.1 Å². The quantitative estimate of drug-likeness (QED) is 0.315. The molecule has 0 bridgehead atoms. The van der Waals surface area contributed by atoms with Gasteiger partial charge in [-0.05, 0) is 25.1 Å². The highest BCUT2D eigenvalue weighted by Gasteiger charge is 2.07. The highest BCUT2D eigenvalue weighted by Crippen LogP contribution is 2.18. The number of hydrogen-bond acceptors (Lipinski definition) is 4. The van der Waals surface area contributed by atoms with Gasteiger partial charge in [-0.15, -0.1) is 24.0 Å². The molecule has 0 spiro atoms. The largest absolute Gasteiger partial charge is 0.444 e. The number of nitrogens with zero attached hydrogens (tertiary/aromatic N) is 3. The van der Waals surface area contributed by atoms with E-state index in [4.69, 9.17) is 4.42 Å². The number of aliphatic imine (C=N–C) groups is 1. The molecule has 3 rings (SSSR count). The highest BCUT2D eigenvalue weighted by molar-refractivity contribution is 14.0. The maximum atomic E-state index is 5.55. The van der Waals surface area contributed by atoms with Crippen LogP contribution in [0.1, 0.15) is 17.0 Å². The molecule has 1 aromatic carbocycles. The molecule has 3 aromatic rings. The summed E-state index contributed by atoms with van der Waals surface area (Å²) >= 11 is 0. The number of hydrogen-bond donors (Lipinski definition) is 3. The Hall–Kier alpha value is -2.36. The second-order valence-electron chi connectivity index (χ2n) is 5.37. The van der Waals surface area contributed by atoms with Crippen molar-refractivity contribution in [2.45, 2.75) is 20.0 Å². The molecule has 0 aliphatic rings. The van der Waals surface area contributed by atoms with Crippen LogP contribution in [-0.4, -0.2) is 28.2 Å². The van der Waals surface area contributed by atoms with E-state index in [-0.39, 0.29) is 24.0 Å². The van der Waals surface area contributed by atoms with E-state index in [0.29, 0.717) is 24.9 Å². The van der Waals surface area contributed by atoms with Crippen LogP contribution in [0.2, 0.25) is 0 Å². The molecular weight excluding hydrogens is 431 g/mol. The molecule has 0 aliphatic carbocycles. The van der Waals surface area contributed by atoms with Gasteiger partial charge in [0.2, 0.25) is 5.89 Å². The van der Waals surface area contributed by atoms with Gasteiger partial charge in [0.05, 0.1) is 24.5 Å². The van der Waals surface area contributed by atoms with Gasteiger partial charge in [0.1, 0.15) is 6.26 Å². The lowest BCUT2D eigenvalue weighted by atomic mass is 10.1. The first-order chi connectivity index (χ1) is 11.7. The average Bonchev–Trinajstić information content (AvgIpc) is 3.27. The number of H-pyrrole nitrogens is 1. The summed E-state index contributed by atoms with van der Waals surface area (Å²) in [4.78, 5) is 8.68. The number of aromatic nitrogens is 3. The first-order valence-corrected chi connectivity index (χ1v) is 7.69. The zero-order valence-corrected chi connectivity index (χ0v) is 16.4. The molecule has 25 heavy (non-hydrogen) atoms. The number of guanidine groups is 1. The smallest absolute Gasteiger partial charge is 0.226 e. The van der Waals surface area contributed by atoms with Crippen molar-refractivity contribution in [3.63, 3.8) is 0 Å². The Balaban J connectivity index is 0.00000225. The summed E-state index contributed by atoms with van der Waals surface area (Å²) in [5.74, 6) is 1.30. The van der Waals surface area contributed by atoms with Crippen molar-refractivity contribution in [1.29, 1.82) is 0 Å². The Morgan fingerprint density at radius 3 is 2.60 bits per heavy atom. The molecule has 0 aliphatic heterocycles. The molecule has 3 N–H and O–H groups in total. The summed E-state index contributed by atoms with van der Waals surface area (Å²) in [6.45, 7) is 3.20. The summed E-state index contributed by atoms with van der Waals surface area (Å²) in [7, 11) is 1.73. The van der Waals surface area contributed by atoms with Gasteiger partial charge in [0.15, 0.2) is 5.96 Å². The van der Waals surface area contributed by atoms with Crippen molar-refractivity contribution in [3.05, 3.63) is 59.7 Å². The van der Waals surface area contributed by atoms with Gasteiger partial charge in [-0.3, -0.25) is 10.1 Å². The van der Waals surface area contributed by atoms with Crippen molar-refractivity contribution in [1.82, 2.24) is 25.8 Å². The Morgan fingerprint density at radius 1 is 1.16 bits per heavy atom. The fourth-order valence-electron chi connectivity index (χ4n) is 2.17. The molecule has 0 atom stereocenters. The van der Waals surface area contributed by atoms with Crippen LogP contribution in [0.5, 0.6) is 0 Å². The van der Waals surface area contributed by atoms with Crippen molar-refractivity contribution in [2.75, 3.05) is 7.05 Å². The minimum Gasteiger partial charge on any atom is -0.444 e. The van der Waals surface area contributed by atoms with Crippen LogP contribution in [0, 0.1) is 6.92 Å². The van der Waals surface area contributed by atoms with Crippen molar-refractivity contribution in [2.24, 2.45) is 4.99 Å². The number of halogens is 1. The van der Waals surface area contributed by atoms with E-state index in [2.05, 4.69) is 37.7 Å². The van der Waals surface area contributed by atoms with E-state index in [1.165, 1.54) is 5.56 Å². The number of rotatable bonds is 5. The predicted octanol–water partition coefficient (Wildman–Crippen LogP) is 2.86. The number of benzene rings is 1. The maximum Gasteiger partial charge on any atom is 0.226 e. The van der Waals surface area contributed by atoms with Gasteiger partial charge in [-0.1, -0.05) is 17.7 Å². The Labute approximate surface area is 163 Å². The first-order valence-electron chi connectivity index (χ1n) is 7.69. The lowest BCUT2D eigenvalue weighted by Crippen LogP contribution is -2.36. The van der Waals surface area contributed by atoms with E-state index < -0.39 is 0 Å². The van der Waals surface area contributed by atoms with Crippen molar-refractivity contribution in [3.8, 4) is 11.5 Å². The SMILES string of the molecule is CN=C(NCc1coc(-c2ccc(C)cc2)n1)NCc1ccn[nH]1.I. The fourth-order valence-corrected chi connectivity index (χ4v) is 2.17. The maximum absolute atomic E-state index is 5.55. The van der Waals surface area contributed by atoms with Crippen LogP contribution in [0.3, 0.4) is 0 Å². The average molecular weight is 452 g/mol. The normalized spacial score (nSPS) is 11.0. The second kappa shape index (κ2) is 9.21. The van der Waals surface area contributed by atoms with Gasteiger partial charge in [0.25, 0.3) is 0 Å². The van der Waals surface area contributed by atoms with Gasteiger partial charge in [-0.2, -0.15) is 5.10 Å². The molecule has 2 heterocycles. The molecule has 0 saturated carbocycles. The minimum absolute atomic E-state index is 0. The van der Waals surface area contributed by atoms with Gasteiger partial charge >= 0.3 is 0 Å². The number of nitrogens with one attached hydrogen (secondary N) is 3. The zero-order valence-electron chi connectivity index (χ0n) is 14.1. The molecule has 2 aromatic heterocycles. The molecule has 0 unspecified atom stereocenters. The second-order valence-corrected chi connectivity index (χ2v) is 5.37. The third kappa shape index (κ3) is 5.31. The number of aryl methyl sites for hydroxylation is 1. The van der Waals surface area contributed by atoms with Gasteiger partial charge in [-0.25, -0.2) is 4.98 Å². The van der Waals surface area contributed by atoms with E-state index >= 15 is 0 Å². The number of aromatic amines is 1. The molecule has 0 amide bonds. The van der Waals surface area contributed by atoms with Crippen molar-refractivity contribution >= 4 is 29.9 Å². The van der Waals surface area contributed by atoms with E-state index in [1.807, 2.05) is 30.3 Å². The van der Waals surface area contributed by atoms with Gasteiger partial charge < -0.3 is 15.1 Å². The van der Waals surface area contributed by atoms with Crippen LogP contribution in [0.4, 0.5) is 0 Å². The van der Waals surface area contributed by atoms with E-state index in [1.54, 1.807) is 19.5 Å². The molecule has 7 nitrogen and oxygen atoms in total. The predicted molar refractivity (Wildman–Crippen MR) is 108 cm³/mol. The lowest BCUT2D eigenvalue weighted by Gasteiger charge is -2.09. The molecule has 0 saturated heterocycles. The Kier molecular flexibility index (Phi) is 6.99. The minimum atomic E-state index is 0. The van der Waals surface area contributed by atoms with Crippen molar-refractivity contribution < 1.29 is 4.42 Å². The molecule has 8 heteroatoms. The fraction of sp³-hybridized carbons (Fsp3) is 0.235. The van der Waals surface area contributed by atoms with E-state index in [9.17, 15) is 0 Å². The molecular formula is C17H21IN6O. The van der Waals surface area contributed by atoms with Gasteiger partial charge in [0, 0.05) is 18.8 Å². The number of oxazole rings is 1. The van der Waals surface area contributed by atoms with Crippen LogP contribution >= 0.6 is 24.0 Å². The third-order valence-corrected chi connectivity index (χ3v) is 3.52.